The third kappa shape index (κ3) is 4.69. The SMILES string of the molecule is CNCCc1cc(OC)ccc1S(=O)(=O)NCCC1CC1. The number of nitrogens with one attached hydrogen (secondary N) is 2. The van der Waals surface area contributed by atoms with Gasteiger partial charge in [-0.05, 0) is 56.1 Å². The van der Waals surface area contributed by atoms with Crippen LogP contribution in [0.25, 0.3) is 0 Å². The van der Waals surface area contributed by atoms with Gasteiger partial charge in [-0.25, -0.2) is 13.1 Å². The van der Waals surface area contributed by atoms with Crippen molar-refractivity contribution >= 4 is 10.0 Å². The van der Waals surface area contributed by atoms with Gasteiger partial charge in [-0.3, -0.25) is 0 Å². The summed E-state index contributed by atoms with van der Waals surface area (Å²) in [6.07, 6.45) is 4.04. The van der Waals surface area contributed by atoms with E-state index in [-0.39, 0.29) is 0 Å². The second-order valence-electron chi connectivity index (χ2n) is 5.46. The summed E-state index contributed by atoms with van der Waals surface area (Å²) < 4.78 is 32.8. The van der Waals surface area contributed by atoms with Crippen LogP contribution in [0, 0.1) is 5.92 Å². The Morgan fingerprint density at radius 3 is 2.67 bits per heavy atom. The minimum Gasteiger partial charge on any atom is -0.497 e. The highest BCUT2D eigenvalue weighted by molar-refractivity contribution is 7.89. The first-order chi connectivity index (χ1) is 10.1. The Labute approximate surface area is 127 Å². The molecule has 0 bridgehead atoms. The maximum atomic E-state index is 12.4. The van der Waals surface area contributed by atoms with Crippen molar-refractivity contribution in [1.29, 1.82) is 0 Å². The molecule has 0 heterocycles. The third-order valence-electron chi connectivity index (χ3n) is 3.74. The van der Waals surface area contributed by atoms with Crippen LogP contribution in [-0.2, 0) is 16.4 Å². The van der Waals surface area contributed by atoms with Crippen molar-refractivity contribution in [1.82, 2.24) is 10.0 Å². The molecule has 1 fully saturated rings. The first kappa shape index (κ1) is 16.3. The lowest BCUT2D eigenvalue weighted by molar-refractivity contribution is 0.413. The molecule has 0 radical (unpaired) electrons. The Kier molecular flexibility index (Phi) is 5.61. The highest BCUT2D eigenvalue weighted by atomic mass is 32.2. The van der Waals surface area contributed by atoms with Crippen molar-refractivity contribution in [2.45, 2.75) is 30.6 Å². The molecular weight excluding hydrogens is 288 g/mol. The van der Waals surface area contributed by atoms with Gasteiger partial charge < -0.3 is 10.1 Å². The number of sulfonamides is 1. The van der Waals surface area contributed by atoms with Crippen LogP contribution in [0.3, 0.4) is 0 Å². The number of ether oxygens (including phenoxy) is 1. The average molecular weight is 312 g/mol. The molecule has 1 aliphatic carbocycles. The van der Waals surface area contributed by atoms with E-state index >= 15 is 0 Å². The van der Waals surface area contributed by atoms with Crippen LogP contribution in [-0.4, -0.2) is 35.7 Å². The van der Waals surface area contributed by atoms with E-state index in [1.54, 1.807) is 25.3 Å². The third-order valence-corrected chi connectivity index (χ3v) is 5.30. The number of hydrogen-bond donors (Lipinski definition) is 2. The molecule has 0 unspecified atom stereocenters. The second-order valence-corrected chi connectivity index (χ2v) is 7.19. The van der Waals surface area contributed by atoms with Crippen molar-refractivity contribution in [3.05, 3.63) is 23.8 Å². The maximum Gasteiger partial charge on any atom is 0.240 e. The minimum absolute atomic E-state index is 0.356. The van der Waals surface area contributed by atoms with Crippen LogP contribution in [0.2, 0.25) is 0 Å². The summed E-state index contributed by atoms with van der Waals surface area (Å²) in [5, 5.41) is 3.04. The Bertz CT molecular complexity index is 568. The molecule has 0 amide bonds. The smallest absolute Gasteiger partial charge is 0.240 e. The average Bonchev–Trinajstić information content (AvgIpc) is 3.28. The molecule has 2 rings (SSSR count). The van der Waals surface area contributed by atoms with Crippen molar-refractivity contribution in [2.24, 2.45) is 5.92 Å². The van der Waals surface area contributed by atoms with Crippen molar-refractivity contribution in [3.63, 3.8) is 0 Å². The predicted octanol–water partition coefficient (Wildman–Crippen LogP) is 1.54. The van der Waals surface area contributed by atoms with Crippen LogP contribution in [0.4, 0.5) is 0 Å². The molecule has 0 spiro atoms. The molecule has 0 atom stereocenters. The molecule has 0 saturated heterocycles. The summed E-state index contributed by atoms with van der Waals surface area (Å²) in [7, 11) is -0.0155. The minimum atomic E-state index is -3.45. The first-order valence-electron chi connectivity index (χ1n) is 7.38. The van der Waals surface area contributed by atoms with Crippen LogP contribution in [0.5, 0.6) is 5.75 Å². The summed E-state index contributed by atoms with van der Waals surface area (Å²) in [5.74, 6) is 1.39. The normalized spacial score (nSPS) is 15.1. The van der Waals surface area contributed by atoms with Crippen molar-refractivity contribution in [3.8, 4) is 5.75 Å². The standard InChI is InChI=1S/C15H24N2O3S/c1-16-9-8-13-11-14(20-2)5-6-15(13)21(18,19)17-10-7-12-3-4-12/h5-6,11-12,16-17H,3-4,7-10H2,1-2H3. The molecule has 1 aromatic rings. The fourth-order valence-corrected chi connectivity index (χ4v) is 3.58. The fourth-order valence-electron chi connectivity index (χ4n) is 2.28. The lowest BCUT2D eigenvalue weighted by Gasteiger charge is -2.13. The summed E-state index contributed by atoms with van der Waals surface area (Å²) in [4.78, 5) is 0.356. The van der Waals surface area contributed by atoms with Gasteiger partial charge >= 0.3 is 0 Å². The Morgan fingerprint density at radius 1 is 1.29 bits per heavy atom. The lowest BCUT2D eigenvalue weighted by atomic mass is 10.1. The fraction of sp³-hybridized carbons (Fsp3) is 0.600. The van der Waals surface area contributed by atoms with Crippen LogP contribution >= 0.6 is 0 Å². The zero-order chi connectivity index (χ0) is 15.3. The zero-order valence-corrected chi connectivity index (χ0v) is 13.5. The molecule has 0 aromatic heterocycles. The van der Waals surface area contributed by atoms with E-state index in [4.69, 9.17) is 4.74 Å². The quantitative estimate of drug-likeness (QED) is 0.726. The van der Waals surface area contributed by atoms with E-state index in [9.17, 15) is 8.42 Å². The van der Waals surface area contributed by atoms with Gasteiger partial charge in [0.2, 0.25) is 10.0 Å². The van der Waals surface area contributed by atoms with Gasteiger partial charge in [0, 0.05) is 6.54 Å². The highest BCUT2D eigenvalue weighted by Gasteiger charge is 2.23. The van der Waals surface area contributed by atoms with E-state index in [0.717, 1.165) is 18.5 Å². The van der Waals surface area contributed by atoms with E-state index < -0.39 is 10.0 Å². The molecule has 0 aliphatic heterocycles. The number of rotatable bonds is 9. The molecule has 6 heteroatoms. The van der Waals surface area contributed by atoms with Gasteiger partial charge in [-0.2, -0.15) is 0 Å². The largest absolute Gasteiger partial charge is 0.497 e. The zero-order valence-electron chi connectivity index (χ0n) is 12.7. The molecule has 5 nitrogen and oxygen atoms in total. The number of likely N-dealkylation sites (N-methyl/N-ethyl adjacent to an activating group) is 1. The first-order valence-corrected chi connectivity index (χ1v) is 8.86. The topological polar surface area (TPSA) is 67.4 Å². The second kappa shape index (κ2) is 7.24. The Hall–Kier alpha value is -1.11. The van der Waals surface area contributed by atoms with E-state index in [1.165, 1.54) is 12.8 Å². The number of methoxy groups -OCH3 is 1. The van der Waals surface area contributed by atoms with Crippen molar-refractivity contribution < 1.29 is 13.2 Å². The summed E-state index contributed by atoms with van der Waals surface area (Å²) in [6, 6.07) is 5.12. The molecular formula is C15H24N2O3S. The number of hydrogen-bond acceptors (Lipinski definition) is 4. The summed E-state index contributed by atoms with van der Waals surface area (Å²) >= 11 is 0. The number of benzene rings is 1. The molecule has 1 aromatic carbocycles. The molecule has 1 saturated carbocycles. The van der Waals surface area contributed by atoms with Gasteiger partial charge in [0.05, 0.1) is 12.0 Å². The lowest BCUT2D eigenvalue weighted by Crippen LogP contribution is -2.26. The molecule has 118 valence electrons. The van der Waals surface area contributed by atoms with Gasteiger partial charge in [0.25, 0.3) is 0 Å². The van der Waals surface area contributed by atoms with E-state index in [2.05, 4.69) is 10.0 Å². The Morgan fingerprint density at radius 2 is 2.05 bits per heavy atom. The van der Waals surface area contributed by atoms with Gasteiger partial charge in [-0.1, -0.05) is 12.8 Å². The molecule has 1 aliphatic rings. The van der Waals surface area contributed by atoms with Gasteiger partial charge in [0.1, 0.15) is 5.75 Å². The van der Waals surface area contributed by atoms with Crippen LogP contribution < -0.4 is 14.8 Å². The predicted molar refractivity (Wildman–Crippen MR) is 83.2 cm³/mol. The Balaban J connectivity index is 2.14. The van der Waals surface area contributed by atoms with E-state index in [1.807, 2.05) is 7.05 Å². The van der Waals surface area contributed by atoms with Gasteiger partial charge in [-0.15, -0.1) is 0 Å². The highest BCUT2D eigenvalue weighted by Crippen LogP contribution is 2.32. The molecule has 21 heavy (non-hydrogen) atoms. The van der Waals surface area contributed by atoms with Crippen LogP contribution in [0.15, 0.2) is 23.1 Å². The summed E-state index contributed by atoms with van der Waals surface area (Å²) in [6.45, 7) is 1.24. The van der Waals surface area contributed by atoms with E-state index in [0.29, 0.717) is 29.5 Å². The van der Waals surface area contributed by atoms with Crippen LogP contribution in [0.1, 0.15) is 24.8 Å². The molecule has 2 N–H and O–H groups in total. The summed E-state index contributed by atoms with van der Waals surface area (Å²) in [5.41, 5.74) is 0.780. The van der Waals surface area contributed by atoms with Gasteiger partial charge in [0.15, 0.2) is 0 Å². The monoisotopic (exact) mass is 312 g/mol. The van der Waals surface area contributed by atoms with Crippen molar-refractivity contribution in [2.75, 3.05) is 27.2 Å². The maximum absolute atomic E-state index is 12.4.